The standard InChI is InChI=1S/C47H37B/c1-32-25-27-34-15-9-11-21-39(34)45(32)48(46-33(2)26-28-35-16-10-12-22-40(35)46)38-29-30-44-42(31-38)41-23-13-14-24-43(41)47(44,36-17-5-3-6-18-36)37-19-7-4-8-20-37/h3-29,31,44H,30H2,1-2H3. The maximum absolute atomic E-state index is 2.59. The van der Waals surface area contributed by atoms with E-state index in [2.05, 4.69) is 184 Å². The molecule has 0 bridgehead atoms. The van der Waals surface area contributed by atoms with Crippen LogP contribution in [0.4, 0.5) is 0 Å². The molecule has 0 aromatic heterocycles. The van der Waals surface area contributed by atoms with Crippen LogP contribution in [0, 0.1) is 19.8 Å². The lowest BCUT2D eigenvalue weighted by atomic mass is 9.33. The highest BCUT2D eigenvalue weighted by atomic mass is 14.5. The van der Waals surface area contributed by atoms with Crippen LogP contribution >= 0.6 is 0 Å². The van der Waals surface area contributed by atoms with Crippen LogP contribution in [-0.4, -0.2) is 6.71 Å². The molecule has 2 aliphatic rings. The van der Waals surface area contributed by atoms with Crippen LogP contribution in [0.1, 0.15) is 39.8 Å². The van der Waals surface area contributed by atoms with Crippen LogP contribution in [0.25, 0.3) is 27.1 Å². The van der Waals surface area contributed by atoms with Gasteiger partial charge in [-0.25, -0.2) is 0 Å². The van der Waals surface area contributed by atoms with Crippen LogP contribution in [-0.2, 0) is 5.41 Å². The van der Waals surface area contributed by atoms with Gasteiger partial charge < -0.3 is 0 Å². The Hall–Kier alpha value is -5.40. The molecule has 1 heteroatoms. The first-order valence-corrected chi connectivity index (χ1v) is 17.3. The SMILES string of the molecule is Cc1ccc2ccccc2c1B(C1=CCC2C(=C1)c1ccccc1C2(c1ccccc1)c1ccccc1)c1c(C)ccc2ccccc12. The number of allylic oxidation sites excluding steroid dienone is 4. The third-order valence-corrected chi connectivity index (χ3v) is 11.2. The van der Waals surface area contributed by atoms with Crippen LogP contribution in [0.5, 0.6) is 0 Å². The summed E-state index contributed by atoms with van der Waals surface area (Å²) in [5.41, 5.74) is 13.6. The number of aryl methyl sites for hydroxylation is 2. The van der Waals surface area contributed by atoms with Crippen molar-refractivity contribution in [1.29, 1.82) is 0 Å². The summed E-state index contributed by atoms with van der Waals surface area (Å²) in [6, 6.07) is 58.8. The molecule has 0 heterocycles. The minimum atomic E-state index is -0.271. The molecule has 0 spiro atoms. The molecular formula is C47H37B. The highest BCUT2D eigenvalue weighted by Gasteiger charge is 2.52. The van der Waals surface area contributed by atoms with Crippen LogP contribution in [0.15, 0.2) is 175 Å². The summed E-state index contributed by atoms with van der Waals surface area (Å²) in [6.45, 7) is 4.69. The second-order valence-electron chi connectivity index (χ2n) is 13.6. The zero-order chi connectivity index (χ0) is 32.2. The minimum Gasteiger partial charge on any atom is -0.0886 e. The van der Waals surface area contributed by atoms with E-state index in [4.69, 9.17) is 0 Å². The summed E-state index contributed by atoms with van der Waals surface area (Å²) in [5, 5.41) is 5.26. The molecule has 0 fully saturated rings. The molecule has 0 nitrogen and oxygen atoms in total. The van der Waals surface area contributed by atoms with E-state index < -0.39 is 0 Å². The number of hydrogen-bond acceptors (Lipinski definition) is 0. The van der Waals surface area contributed by atoms with Crippen molar-refractivity contribution < 1.29 is 0 Å². The van der Waals surface area contributed by atoms with Crippen molar-refractivity contribution in [3.8, 4) is 0 Å². The average Bonchev–Trinajstić information content (AvgIpc) is 3.44. The van der Waals surface area contributed by atoms with Gasteiger partial charge in [0.05, 0.1) is 5.41 Å². The smallest absolute Gasteiger partial charge is 0.0886 e. The Bertz CT molecular complexity index is 2270. The Kier molecular flexibility index (Phi) is 6.83. The number of fused-ring (bicyclic) bond motifs is 5. The second-order valence-corrected chi connectivity index (χ2v) is 13.6. The predicted octanol–water partition coefficient (Wildman–Crippen LogP) is 10.1. The fraction of sp³-hybridized carbons (Fsp3) is 0.106. The average molecular weight is 613 g/mol. The van der Waals surface area contributed by atoms with Gasteiger partial charge in [-0.05, 0) is 69.6 Å². The molecule has 1 unspecified atom stereocenters. The lowest BCUT2D eigenvalue weighted by Gasteiger charge is -2.39. The van der Waals surface area contributed by atoms with Crippen LogP contribution in [0.3, 0.4) is 0 Å². The molecule has 48 heavy (non-hydrogen) atoms. The summed E-state index contributed by atoms with van der Waals surface area (Å²) in [4.78, 5) is 0. The van der Waals surface area contributed by atoms with E-state index in [1.54, 1.807) is 0 Å². The van der Waals surface area contributed by atoms with E-state index in [0.717, 1.165) is 6.42 Å². The van der Waals surface area contributed by atoms with Gasteiger partial charge >= 0.3 is 0 Å². The van der Waals surface area contributed by atoms with Gasteiger partial charge in [0, 0.05) is 5.92 Å². The summed E-state index contributed by atoms with van der Waals surface area (Å²) in [6.07, 6.45) is 6.14. The van der Waals surface area contributed by atoms with Crippen molar-refractivity contribution in [1.82, 2.24) is 0 Å². The quantitative estimate of drug-likeness (QED) is 0.170. The lowest BCUT2D eigenvalue weighted by molar-refractivity contribution is 0.484. The molecule has 0 aliphatic heterocycles. The largest absolute Gasteiger partial charge is 0.243 e. The van der Waals surface area contributed by atoms with E-state index >= 15 is 0 Å². The van der Waals surface area contributed by atoms with Gasteiger partial charge in [-0.3, -0.25) is 0 Å². The Balaban J connectivity index is 1.33. The Labute approximate surface area is 284 Å². The monoisotopic (exact) mass is 612 g/mol. The van der Waals surface area contributed by atoms with Crippen molar-refractivity contribution >= 4 is 44.8 Å². The van der Waals surface area contributed by atoms with Crippen molar-refractivity contribution in [2.45, 2.75) is 25.7 Å². The topological polar surface area (TPSA) is 0 Å². The summed E-state index contributed by atoms with van der Waals surface area (Å²) >= 11 is 0. The highest BCUT2D eigenvalue weighted by Crippen LogP contribution is 2.59. The zero-order valence-corrected chi connectivity index (χ0v) is 27.5. The van der Waals surface area contributed by atoms with Gasteiger partial charge in [0.15, 0.2) is 0 Å². The van der Waals surface area contributed by atoms with Gasteiger partial charge in [-0.1, -0.05) is 197 Å². The molecule has 0 saturated carbocycles. The first kappa shape index (κ1) is 28.8. The van der Waals surface area contributed by atoms with Gasteiger partial charge in [-0.15, -0.1) is 0 Å². The normalized spacial score (nSPS) is 16.2. The molecule has 7 aromatic rings. The Morgan fingerprint density at radius 1 is 0.521 bits per heavy atom. The van der Waals surface area contributed by atoms with Gasteiger partial charge in [0.25, 0.3) is 0 Å². The molecule has 9 rings (SSSR count). The summed E-state index contributed by atoms with van der Waals surface area (Å²) in [5.74, 6) is 0.284. The maximum atomic E-state index is 2.59. The molecule has 0 N–H and O–H groups in total. The highest BCUT2D eigenvalue weighted by molar-refractivity contribution is 6.95. The third kappa shape index (κ3) is 4.24. The molecule has 0 saturated heterocycles. The first-order chi connectivity index (χ1) is 23.7. The molecule has 228 valence electrons. The van der Waals surface area contributed by atoms with Crippen LogP contribution < -0.4 is 10.9 Å². The van der Waals surface area contributed by atoms with E-state index in [1.807, 2.05) is 0 Å². The van der Waals surface area contributed by atoms with Crippen molar-refractivity contribution in [2.24, 2.45) is 5.92 Å². The molecule has 0 amide bonds. The molecular weight excluding hydrogens is 575 g/mol. The van der Waals surface area contributed by atoms with Crippen molar-refractivity contribution in [2.75, 3.05) is 0 Å². The molecule has 1 atom stereocenters. The van der Waals surface area contributed by atoms with Crippen LogP contribution in [0.2, 0.25) is 0 Å². The van der Waals surface area contributed by atoms with Gasteiger partial charge in [0.2, 0.25) is 6.71 Å². The van der Waals surface area contributed by atoms with E-state index in [1.165, 1.54) is 76.9 Å². The predicted molar refractivity (Wildman–Crippen MR) is 206 cm³/mol. The molecule has 7 aromatic carbocycles. The number of benzene rings is 7. The fourth-order valence-electron chi connectivity index (χ4n) is 9.20. The fourth-order valence-corrected chi connectivity index (χ4v) is 9.20. The lowest BCUT2D eigenvalue weighted by Crippen LogP contribution is -2.48. The van der Waals surface area contributed by atoms with E-state index in [-0.39, 0.29) is 18.0 Å². The van der Waals surface area contributed by atoms with Crippen molar-refractivity contribution in [3.63, 3.8) is 0 Å². The maximum Gasteiger partial charge on any atom is 0.243 e. The van der Waals surface area contributed by atoms with E-state index in [9.17, 15) is 0 Å². The first-order valence-electron chi connectivity index (χ1n) is 17.3. The number of hydrogen-bond donors (Lipinski definition) is 0. The third-order valence-electron chi connectivity index (χ3n) is 11.2. The molecule has 2 aliphatic carbocycles. The second kappa shape index (κ2) is 11.4. The Morgan fingerprint density at radius 2 is 1.02 bits per heavy atom. The van der Waals surface area contributed by atoms with Crippen molar-refractivity contribution in [3.05, 3.63) is 209 Å². The molecule has 0 radical (unpaired) electrons. The summed E-state index contributed by atoms with van der Waals surface area (Å²) < 4.78 is 0. The minimum absolute atomic E-state index is 0.0891. The Morgan fingerprint density at radius 3 is 1.60 bits per heavy atom. The van der Waals surface area contributed by atoms with Gasteiger partial charge in [0.1, 0.15) is 0 Å². The van der Waals surface area contributed by atoms with E-state index in [0.29, 0.717) is 0 Å². The number of rotatable bonds is 5. The van der Waals surface area contributed by atoms with Gasteiger partial charge in [-0.2, -0.15) is 0 Å². The summed E-state index contributed by atoms with van der Waals surface area (Å²) in [7, 11) is 0. The zero-order valence-electron chi connectivity index (χ0n) is 27.5.